The van der Waals surface area contributed by atoms with E-state index >= 15 is 0 Å². The smallest absolute Gasteiger partial charge is 0.264 e. The third kappa shape index (κ3) is 2.16. The molecule has 0 heterocycles. The molecule has 6 heteroatoms. The molecule has 0 bridgehead atoms. The van der Waals surface area contributed by atoms with Crippen LogP contribution in [0, 0.1) is 16.7 Å². The number of nitrogens with two attached hydrogens (primary N) is 1. The van der Waals surface area contributed by atoms with Crippen molar-refractivity contribution in [2.45, 2.75) is 12.8 Å². The molecule has 0 aromatic heterocycles. The number of nitriles is 1. The second-order valence-corrected chi connectivity index (χ2v) is 2.88. The van der Waals surface area contributed by atoms with Crippen LogP contribution in [0.1, 0.15) is 12.8 Å². The van der Waals surface area contributed by atoms with Crippen LogP contribution < -0.4 is 11.2 Å². The molecule has 1 rings (SSSR count). The van der Waals surface area contributed by atoms with Gasteiger partial charge in [-0.05, 0) is 12.8 Å². The molecule has 6 nitrogen and oxygen atoms in total. The number of carbonyl (C=O) groups excluding carboxylic acids is 2. The predicted octanol–water partition coefficient (Wildman–Crippen LogP) is -1.18. The predicted molar refractivity (Wildman–Crippen MR) is 40.6 cm³/mol. The Kier molecular flexibility index (Phi) is 2.49. The molecule has 13 heavy (non-hydrogen) atoms. The second-order valence-electron chi connectivity index (χ2n) is 2.88. The van der Waals surface area contributed by atoms with Crippen LogP contribution in [-0.4, -0.2) is 18.4 Å². The van der Waals surface area contributed by atoms with Crippen molar-refractivity contribution in [3.05, 3.63) is 0 Å². The van der Waals surface area contributed by atoms with E-state index in [0.717, 1.165) is 0 Å². The van der Waals surface area contributed by atoms with Crippen molar-refractivity contribution in [3.63, 3.8) is 0 Å². The summed E-state index contributed by atoms with van der Waals surface area (Å²) in [6.45, 7) is -0.382. The van der Waals surface area contributed by atoms with Gasteiger partial charge in [0.1, 0.15) is 5.41 Å². The number of rotatable bonds is 4. The molecule has 0 aromatic rings. The number of hydrogen-bond acceptors (Lipinski definition) is 4. The van der Waals surface area contributed by atoms with Gasteiger partial charge in [-0.3, -0.25) is 14.4 Å². The SMILES string of the molecule is N#CC1(C(=O)NOCC(N)=O)CC1. The molecule has 3 N–H and O–H groups in total. The van der Waals surface area contributed by atoms with Gasteiger partial charge in [0.25, 0.3) is 5.91 Å². The second kappa shape index (κ2) is 3.41. The first-order valence-electron chi connectivity index (χ1n) is 3.72. The molecular formula is C7H9N3O3. The fourth-order valence-electron chi connectivity index (χ4n) is 0.785. The number of hydroxylamine groups is 1. The summed E-state index contributed by atoms with van der Waals surface area (Å²) in [6, 6.07) is 1.88. The molecular weight excluding hydrogens is 174 g/mol. The summed E-state index contributed by atoms with van der Waals surface area (Å²) in [5, 5.41) is 8.58. The van der Waals surface area contributed by atoms with Crippen LogP contribution in [0.25, 0.3) is 0 Å². The fourth-order valence-corrected chi connectivity index (χ4v) is 0.785. The van der Waals surface area contributed by atoms with Crippen LogP contribution in [0.4, 0.5) is 0 Å². The maximum Gasteiger partial charge on any atom is 0.264 e. The van der Waals surface area contributed by atoms with E-state index in [1.165, 1.54) is 0 Å². The topological polar surface area (TPSA) is 105 Å². The van der Waals surface area contributed by atoms with Gasteiger partial charge in [-0.2, -0.15) is 5.26 Å². The van der Waals surface area contributed by atoms with Crippen molar-refractivity contribution < 1.29 is 14.4 Å². The monoisotopic (exact) mass is 183 g/mol. The average Bonchev–Trinajstić information content (AvgIpc) is 2.83. The van der Waals surface area contributed by atoms with Crippen LogP contribution in [-0.2, 0) is 14.4 Å². The quantitative estimate of drug-likeness (QED) is 0.535. The largest absolute Gasteiger partial charge is 0.368 e. The summed E-state index contributed by atoms with van der Waals surface area (Å²) in [7, 11) is 0. The lowest BCUT2D eigenvalue weighted by atomic mass is 10.1. The number of hydrogen-bond donors (Lipinski definition) is 2. The Morgan fingerprint density at radius 1 is 1.62 bits per heavy atom. The minimum Gasteiger partial charge on any atom is -0.368 e. The number of nitrogens with one attached hydrogen (secondary N) is 1. The molecule has 0 unspecified atom stereocenters. The van der Waals surface area contributed by atoms with E-state index < -0.39 is 17.2 Å². The molecule has 0 aromatic carbocycles. The number of nitrogens with zero attached hydrogens (tertiary/aromatic N) is 1. The maximum atomic E-state index is 11.1. The number of amides is 2. The Morgan fingerprint density at radius 2 is 2.23 bits per heavy atom. The van der Waals surface area contributed by atoms with Gasteiger partial charge in [0, 0.05) is 0 Å². The van der Waals surface area contributed by atoms with Crippen molar-refractivity contribution in [2.24, 2.45) is 11.1 Å². The third-order valence-electron chi connectivity index (χ3n) is 1.78. The minimum absolute atomic E-state index is 0.382. The third-order valence-corrected chi connectivity index (χ3v) is 1.78. The molecule has 2 amide bonds. The highest BCUT2D eigenvalue weighted by Gasteiger charge is 2.51. The van der Waals surface area contributed by atoms with E-state index in [1.54, 1.807) is 0 Å². The van der Waals surface area contributed by atoms with Gasteiger partial charge >= 0.3 is 0 Å². The van der Waals surface area contributed by atoms with Gasteiger partial charge in [0.15, 0.2) is 6.61 Å². The lowest BCUT2D eigenvalue weighted by molar-refractivity contribution is -0.140. The van der Waals surface area contributed by atoms with Crippen LogP contribution in [0.2, 0.25) is 0 Å². The van der Waals surface area contributed by atoms with Crippen molar-refractivity contribution >= 4 is 11.8 Å². The van der Waals surface area contributed by atoms with Gasteiger partial charge < -0.3 is 5.73 Å². The van der Waals surface area contributed by atoms with Gasteiger partial charge in [-0.15, -0.1) is 0 Å². The molecule has 1 fully saturated rings. The highest BCUT2D eigenvalue weighted by atomic mass is 16.7. The van der Waals surface area contributed by atoms with Crippen LogP contribution in [0.5, 0.6) is 0 Å². The minimum atomic E-state index is -0.933. The van der Waals surface area contributed by atoms with E-state index in [-0.39, 0.29) is 6.61 Å². The Morgan fingerprint density at radius 3 is 2.62 bits per heavy atom. The van der Waals surface area contributed by atoms with Crippen molar-refractivity contribution in [1.82, 2.24) is 5.48 Å². The Balaban J connectivity index is 2.27. The lowest BCUT2D eigenvalue weighted by Gasteiger charge is -2.06. The number of primary amides is 1. The first-order valence-corrected chi connectivity index (χ1v) is 3.72. The van der Waals surface area contributed by atoms with E-state index in [0.29, 0.717) is 12.8 Å². The zero-order chi connectivity index (χ0) is 9.90. The summed E-state index contributed by atoms with van der Waals surface area (Å²) >= 11 is 0. The average molecular weight is 183 g/mol. The molecule has 1 aliphatic rings. The zero-order valence-electron chi connectivity index (χ0n) is 6.87. The molecule has 70 valence electrons. The summed E-state index contributed by atoms with van der Waals surface area (Å²) in [5.74, 6) is -1.18. The summed E-state index contributed by atoms with van der Waals surface area (Å²) in [4.78, 5) is 25.8. The summed E-state index contributed by atoms with van der Waals surface area (Å²) in [5.41, 5.74) is 5.83. The normalized spacial score (nSPS) is 17.2. The molecule has 0 saturated heterocycles. The van der Waals surface area contributed by atoms with Crippen molar-refractivity contribution in [2.75, 3.05) is 6.61 Å². The van der Waals surface area contributed by atoms with Crippen LogP contribution >= 0.6 is 0 Å². The summed E-state index contributed by atoms with van der Waals surface area (Å²) < 4.78 is 0. The van der Waals surface area contributed by atoms with E-state index in [1.807, 2.05) is 11.5 Å². The molecule has 0 aliphatic heterocycles. The van der Waals surface area contributed by atoms with Gasteiger partial charge in [-0.1, -0.05) is 0 Å². The van der Waals surface area contributed by atoms with Gasteiger partial charge in [0.05, 0.1) is 6.07 Å². The van der Waals surface area contributed by atoms with E-state index in [9.17, 15) is 9.59 Å². The highest BCUT2D eigenvalue weighted by Crippen LogP contribution is 2.44. The lowest BCUT2D eigenvalue weighted by Crippen LogP contribution is -2.34. The van der Waals surface area contributed by atoms with Crippen LogP contribution in [0.3, 0.4) is 0 Å². The fraction of sp³-hybridized carbons (Fsp3) is 0.571. The van der Waals surface area contributed by atoms with Crippen molar-refractivity contribution in [3.8, 4) is 6.07 Å². The van der Waals surface area contributed by atoms with Gasteiger partial charge in [-0.25, -0.2) is 5.48 Å². The Bertz CT molecular complexity index is 277. The molecule has 0 radical (unpaired) electrons. The first-order chi connectivity index (χ1) is 6.10. The van der Waals surface area contributed by atoms with E-state index in [4.69, 9.17) is 11.0 Å². The van der Waals surface area contributed by atoms with Gasteiger partial charge in [0.2, 0.25) is 5.91 Å². The first kappa shape index (κ1) is 9.48. The molecule has 1 saturated carbocycles. The van der Waals surface area contributed by atoms with Crippen molar-refractivity contribution in [1.29, 1.82) is 5.26 Å². The van der Waals surface area contributed by atoms with Crippen LogP contribution in [0.15, 0.2) is 0 Å². The van der Waals surface area contributed by atoms with E-state index in [2.05, 4.69) is 4.84 Å². The highest BCUT2D eigenvalue weighted by molar-refractivity contribution is 5.87. The Hall–Kier alpha value is -1.61. The number of carbonyl (C=O) groups is 2. The molecule has 0 atom stereocenters. The standard InChI is InChI=1S/C7H9N3O3/c8-4-7(1-2-7)6(12)10-13-3-5(9)11/h1-3H2,(H2,9,11)(H,10,12). The molecule has 1 aliphatic carbocycles. The summed E-state index contributed by atoms with van der Waals surface area (Å²) in [6.07, 6.45) is 1.07. The maximum absolute atomic E-state index is 11.1. The Labute approximate surface area is 74.6 Å². The molecule has 0 spiro atoms. The zero-order valence-corrected chi connectivity index (χ0v) is 6.87.